The minimum absolute atomic E-state index is 0.194. The molecule has 2 heterocycles. The summed E-state index contributed by atoms with van der Waals surface area (Å²) in [4.78, 5) is 27.3. The molecule has 2 aromatic heterocycles. The molecule has 0 aliphatic carbocycles. The number of benzene rings is 2. The summed E-state index contributed by atoms with van der Waals surface area (Å²) in [6.45, 7) is 1.92. The molecule has 0 atom stereocenters. The van der Waals surface area contributed by atoms with Crippen LogP contribution in [-0.2, 0) is 0 Å². The second-order valence-electron chi connectivity index (χ2n) is 6.03. The van der Waals surface area contributed by atoms with E-state index in [1.165, 1.54) is 11.3 Å². The Balaban J connectivity index is 1.85. The van der Waals surface area contributed by atoms with Crippen molar-refractivity contribution in [3.8, 4) is 0 Å². The zero-order valence-corrected chi connectivity index (χ0v) is 15.6. The van der Waals surface area contributed by atoms with Gasteiger partial charge in [0.25, 0.3) is 5.91 Å². The Morgan fingerprint density at radius 3 is 2.69 bits per heavy atom. The number of amides is 1. The molecule has 130 valence electrons. The van der Waals surface area contributed by atoms with Crippen molar-refractivity contribution in [2.75, 3.05) is 11.9 Å². The highest BCUT2D eigenvalue weighted by Crippen LogP contribution is 2.32. The predicted octanol–water partition coefficient (Wildman–Crippen LogP) is 5.25. The number of carbonyl (C=O) groups is 1. The first kappa shape index (κ1) is 16.8. The van der Waals surface area contributed by atoms with Gasteiger partial charge in [0.1, 0.15) is 5.58 Å². The first-order chi connectivity index (χ1) is 12.5. The number of nitrogens with zero attached hydrogens (tertiary/aromatic N) is 1. The summed E-state index contributed by atoms with van der Waals surface area (Å²) in [5, 5.41) is 1.81. The Hall–Kier alpha value is -2.63. The maximum atomic E-state index is 13.0. The Morgan fingerprint density at radius 1 is 1.12 bits per heavy atom. The summed E-state index contributed by atoms with van der Waals surface area (Å²) >= 11 is 7.37. The third kappa shape index (κ3) is 2.69. The van der Waals surface area contributed by atoms with Crippen LogP contribution in [0, 0.1) is 6.92 Å². The van der Waals surface area contributed by atoms with E-state index in [0.29, 0.717) is 20.9 Å². The number of para-hydroxylation sites is 1. The number of rotatable bonds is 2. The van der Waals surface area contributed by atoms with Crippen molar-refractivity contribution in [3.05, 3.63) is 74.4 Å². The third-order valence-corrected chi connectivity index (χ3v) is 5.73. The molecule has 0 aliphatic heterocycles. The van der Waals surface area contributed by atoms with Crippen LogP contribution in [0.4, 0.5) is 5.69 Å². The number of anilines is 1. The second kappa shape index (κ2) is 6.27. The van der Waals surface area contributed by atoms with E-state index in [-0.39, 0.29) is 5.91 Å². The summed E-state index contributed by atoms with van der Waals surface area (Å²) in [6, 6.07) is 14.3. The van der Waals surface area contributed by atoms with Gasteiger partial charge >= 0.3 is 5.63 Å². The zero-order valence-electron chi connectivity index (χ0n) is 14.1. The third-order valence-electron chi connectivity index (χ3n) is 4.33. The lowest BCUT2D eigenvalue weighted by Gasteiger charge is -2.19. The number of halogens is 1. The first-order valence-electron chi connectivity index (χ1n) is 7.95. The minimum Gasteiger partial charge on any atom is -0.422 e. The van der Waals surface area contributed by atoms with E-state index < -0.39 is 5.63 Å². The van der Waals surface area contributed by atoms with Crippen LogP contribution in [0.15, 0.2) is 57.7 Å². The lowest BCUT2D eigenvalue weighted by Crippen LogP contribution is -2.26. The summed E-state index contributed by atoms with van der Waals surface area (Å²) < 4.78 is 6.12. The van der Waals surface area contributed by atoms with Gasteiger partial charge in [-0.2, -0.15) is 0 Å². The number of thiophene rings is 1. The Bertz CT molecular complexity index is 1220. The fraction of sp³-hybridized carbons (Fsp3) is 0.100. The van der Waals surface area contributed by atoms with Gasteiger partial charge in [-0.25, -0.2) is 4.79 Å². The topological polar surface area (TPSA) is 50.5 Å². The Morgan fingerprint density at radius 2 is 1.88 bits per heavy atom. The predicted molar refractivity (Wildman–Crippen MR) is 107 cm³/mol. The Labute approximate surface area is 158 Å². The number of carbonyl (C=O) groups excluding carboxylic acids is 1. The van der Waals surface area contributed by atoms with E-state index in [2.05, 4.69) is 0 Å². The summed E-state index contributed by atoms with van der Waals surface area (Å²) in [5.74, 6) is -0.194. The van der Waals surface area contributed by atoms with Crippen molar-refractivity contribution in [3.63, 3.8) is 0 Å². The number of fused-ring (bicyclic) bond motifs is 3. The van der Waals surface area contributed by atoms with Gasteiger partial charge in [-0.3, -0.25) is 4.79 Å². The van der Waals surface area contributed by atoms with E-state index in [1.54, 1.807) is 36.2 Å². The molecule has 0 aliphatic rings. The van der Waals surface area contributed by atoms with Crippen molar-refractivity contribution in [2.45, 2.75) is 6.92 Å². The normalized spacial score (nSPS) is 11.2. The van der Waals surface area contributed by atoms with Crippen molar-refractivity contribution < 1.29 is 9.21 Å². The van der Waals surface area contributed by atoms with Crippen LogP contribution >= 0.6 is 22.9 Å². The maximum absolute atomic E-state index is 13.0. The van der Waals surface area contributed by atoms with E-state index in [0.717, 1.165) is 21.3 Å². The zero-order chi connectivity index (χ0) is 18.4. The molecule has 0 bridgehead atoms. The van der Waals surface area contributed by atoms with Crippen LogP contribution in [0.2, 0.25) is 5.02 Å². The number of hydrogen-bond acceptors (Lipinski definition) is 4. The average molecular weight is 384 g/mol. The van der Waals surface area contributed by atoms with E-state index in [1.807, 2.05) is 31.2 Å². The van der Waals surface area contributed by atoms with Gasteiger partial charge in [-0.15, -0.1) is 11.3 Å². The average Bonchev–Trinajstić information content (AvgIpc) is 3.09. The molecule has 0 saturated heterocycles. The molecule has 2 aromatic carbocycles. The fourth-order valence-corrected chi connectivity index (χ4v) is 4.28. The van der Waals surface area contributed by atoms with Gasteiger partial charge in [0, 0.05) is 23.1 Å². The SMILES string of the molecule is Cc1ccc(Cl)cc1N(C)C(=O)c1cc2c(=O)oc3ccccc3c2s1. The largest absolute Gasteiger partial charge is 0.422 e. The van der Waals surface area contributed by atoms with Crippen LogP contribution in [0.1, 0.15) is 15.2 Å². The van der Waals surface area contributed by atoms with E-state index in [4.69, 9.17) is 16.0 Å². The molecule has 4 nitrogen and oxygen atoms in total. The lowest BCUT2D eigenvalue weighted by molar-refractivity contribution is 0.0997. The molecule has 0 N–H and O–H groups in total. The standard InChI is InChI=1S/C20H14ClNO3S/c1-11-7-8-12(21)9-15(11)22(2)19(23)17-10-14-18(26-17)13-5-3-4-6-16(13)25-20(14)24/h3-10H,1-2H3. The van der Waals surface area contributed by atoms with Crippen LogP contribution in [-0.4, -0.2) is 13.0 Å². The minimum atomic E-state index is -0.435. The molecule has 4 rings (SSSR count). The van der Waals surface area contributed by atoms with Crippen molar-refractivity contribution in [2.24, 2.45) is 0 Å². The quantitative estimate of drug-likeness (QED) is 0.444. The van der Waals surface area contributed by atoms with Crippen LogP contribution in [0.5, 0.6) is 0 Å². The van der Waals surface area contributed by atoms with Crippen LogP contribution < -0.4 is 10.5 Å². The van der Waals surface area contributed by atoms with Gasteiger partial charge in [-0.05, 0) is 42.8 Å². The highest BCUT2D eigenvalue weighted by Gasteiger charge is 2.20. The van der Waals surface area contributed by atoms with Gasteiger partial charge in [0.2, 0.25) is 0 Å². The molecule has 4 aromatic rings. The summed E-state index contributed by atoms with van der Waals surface area (Å²) in [5.41, 5.74) is 1.76. The smallest absolute Gasteiger partial charge is 0.345 e. The fourth-order valence-electron chi connectivity index (χ4n) is 2.96. The van der Waals surface area contributed by atoms with Gasteiger partial charge in [0.05, 0.1) is 15.0 Å². The maximum Gasteiger partial charge on any atom is 0.345 e. The number of hydrogen-bond donors (Lipinski definition) is 0. The molecule has 0 unspecified atom stereocenters. The van der Waals surface area contributed by atoms with Gasteiger partial charge in [0.15, 0.2) is 0 Å². The van der Waals surface area contributed by atoms with E-state index >= 15 is 0 Å². The van der Waals surface area contributed by atoms with Gasteiger partial charge in [-0.1, -0.05) is 29.8 Å². The second-order valence-corrected chi connectivity index (χ2v) is 7.52. The van der Waals surface area contributed by atoms with Crippen LogP contribution in [0.3, 0.4) is 0 Å². The Kier molecular flexibility index (Phi) is 4.05. The molecule has 0 saturated carbocycles. The monoisotopic (exact) mass is 383 g/mol. The van der Waals surface area contributed by atoms with E-state index in [9.17, 15) is 9.59 Å². The molecular formula is C20H14ClNO3S. The van der Waals surface area contributed by atoms with Gasteiger partial charge < -0.3 is 9.32 Å². The number of aryl methyl sites for hydroxylation is 1. The molecule has 0 fully saturated rings. The molecule has 26 heavy (non-hydrogen) atoms. The highest BCUT2D eigenvalue weighted by atomic mass is 35.5. The molecule has 1 amide bonds. The highest BCUT2D eigenvalue weighted by molar-refractivity contribution is 7.21. The molecular weight excluding hydrogens is 370 g/mol. The lowest BCUT2D eigenvalue weighted by atomic mass is 10.2. The molecule has 0 radical (unpaired) electrons. The van der Waals surface area contributed by atoms with Crippen molar-refractivity contribution >= 4 is 55.6 Å². The first-order valence-corrected chi connectivity index (χ1v) is 9.15. The summed E-state index contributed by atoms with van der Waals surface area (Å²) in [6.07, 6.45) is 0. The molecule has 0 spiro atoms. The molecule has 6 heteroatoms. The van der Waals surface area contributed by atoms with Crippen molar-refractivity contribution in [1.82, 2.24) is 0 Å². The van der Waals surface area contributed by atoms with Crippen molar-refractivity contribution in [1.29, 1.82) is 0 Å². The van der Waals surface area contributed by atoms with Crippen LogP contribution in [0.25, 0.3) is 21.1 Å². The summed E-state index contributed by atoms with van der Waals surface area (Å²) in [7, 11) is 1.70.